The van der Waals surface area contributed by atoms with Gasteiger partial charge in [-0.1, -0.05) is 12.1 Å². The molecule has 1 N–H and O–H groups in total. The number of ether oxygens (including phenoxy) is 1. The van der Waals surface area contributed by atoms with Crippen molar-refractivity contribution in [2.45, 2.75) is 30.3 Å². The van der Waals surface area contributed by atoms with E-state index in [9.17, 15) is 9.18 Å². The maximum absolute atomic E-state index is 13.0. The summed E-state index contributed by atoms with van der Waals surface area (Å²) in [6.07, 6.45) is 2.64. The van der Waals surface area contributed by atoms with Gasteiger partial charge >= 0.3 is 0 Å². The van der Waals surface area contributed by atoms with E-state index in [-0.39, 0.29) is 17.3 Å². The van der Waals surface area contributed by atoms with Crippen molar-refractivity contribution in [3.05, 3.63) is 35.6 Å². The van der Waals surface area contributed by atoms with Crippen LogP contribution in [0.5, 0.6) is 0 Å². The molecule has 1 heterocycles. The predicted molar refractivity (Wildman–Crippen MR) is 82.0 cm³/mol. The predicted octanol–water partition coefficient (Wildman–Crippen LogP) is 2.50. The molecule has 114 valence electrons. The van der Waals surface area contributed by atoms with Gasteiger partial charge in [-0.3, -0.25) is 4.79 Å². The highest BCUT2D eigenvalue weighted by molar-refractivity contribution is 7.99. The third kappa shape index (κ3) is 2.81. The minimum Gasteiger partial charge on any atom is -0.376 e. The van der Waals surface area contributed by atoms with Crippen LogP contribution < -0.4 is 5.32 Å². The molecular weight excluding hydrogens is 289 g/mol. The average molecular weight is 309 g/mol. The van der Waals surface area contributed by atoms with E-state index >= 15 is 0 Å². The van der Waals surface area contributed by atoms with Gasteiger partial charge in [0.25, 0.3) is 0 Å². The first-order valence-corrected chi connectivity index (χ1v) is 8.43. The van der Waals surface area contributed by atoms with Crippen LogP contribution in [-0.2, 0) is 14.9 Å². The van der Waals surface area contributed by atoms with Crippen LogP contribution in [0.25, 0.3) is 0 Å². The van der Waals surface area contributed by atoms with Crippen LogP contribution in [-0.4, -0.2) is 36.7 Å². The summed E-state index contributed by atoms with van der Waals surface area (Å²) in [5.74, 6) is 1.78. The van der Waals surface area contributed by atoms with E-state index < -0.39 is 5.41 Å². The van der Waals surface area contributed by atoms with Crippen molar-refractivity contribution < 1.29 is 13.9 Å². The van der Waals surface area contributed by atoms with Crippen molar-refractivity contribution in [2.24, 2.45) is 0 Å². The lowest BCUT2D eigenvalue weighted by atomic mass is 9.94. The highest BCUT2D eigenvalue weighted by atomic mass is 32.2. The molecule has 0 unspecified atom stereocenters. The lowest BCUT2D eigenvalue weighted by molar-refractivity contribution is -0.125. The maximum atomic E-state index is 13.0. The number of methoxy groups -OCH3 is 1. The largest absolute Gasteiger partial charge is 0.376 e. The number of hydrogen-bond donors (Lipinski definition) is 1. The van der Waals surface area contributed by atoms with Gasteiger partial charge in [0.15, 0.2) is 0 Å². The summed E-state index contributed by atoms with van der Waals surface area (Å²) in [5, 5.41) is 3.06. The van der Waals surface area contributed by atoms with Gasteiger partial charge in [-0.25, -0.2) is 4.39 Å². The molecule has 1 aliphatic carbocycles. The molecule has 0 spiro atoms. The second-order valence-electron chi connectivity index (χ2n) is 5.96. The Hall–Kier alpha value is -1.07. The SMILES string of the molecule is CO[C@@]1(CNC(=O)C2(c3ccc(F)cc3)CC2)CCSC1. The molecule has 3 nitrogen and oxygen atoms in total. The summed E-state index contributed by atoms with van der Waals surface area (Å²) < 4.78 is 18.6. The van der Waals surface area contributed by atoms with Crippen LogP contribution in [0.4, 0.5) is 4.39 Å². The summed E-state index contributed by atoms with van der Waals surface area (Å²) in [6, 6.07) is 6.29. The molecule has 1 aromatic rings. The van der Waals surface area contributed by atoms with Gasteiger partial charge in [-0.15, -0.1) is 0 Å². The number of thioether (sulfide) groups is 1. The quantitative estimate of drug-likeness (QED) is 0.908. The van der Waals surface area contributed by atoms with E-state index in [2.05, 4.69) is 5.32 Å². The maximum Gasteiger partial charge on any atom is 0.230 e. The standard InChI is InChI=1S/C16H20FNO2S/c1-20-15(8-9-21-11-15)10-18-14(19)16(6-7-16)12-2-4-13(17)5-3-12/h2-5H,6-11H2,1H3,(H,18,19)/t15-/m1/s1. The number of amides is 1. The zero-order valence-corrected chi connectivity index (χ0v) is 13.0. The summed E-state index contributed by atoms with van der Waals surface area (Å²) in [5.41, 5.74) is 0.238. The number of halogens is 1. The number of rotatable bonds is 5. The fourth-order valence-corrected chi connectivity index (χ4v) is 4.31. The van der Waals surface area contributed by atoms with Gasteiger partial charge in [0.2, 0.25) is 5.91 Å². The van der Waals surface area contributed by atoms with E-state index in [4.69, 9.17) is 4.74 Å². The molecule has 1 aliphatic heterocycles. The fraction of sp³-hybridized carbons (Fsp3) is 0.562. The van der Waals surface area contributed by atoms with Gasteiger partial charge in [0, 0.05) is 19.4 Å². The Balaban J connectivity index is 1.66. The Bertz CT molecular complexity index is 522. The molecule has 3 rings (SSSR count). The Kier molecular flexibility index (Phi) is 3.97. The molecule has 0 bridgehead atoms. The minimum atomic E-state index is -0.450. The Morgan fingerprint density at radius 3 is 2.57 bits per heavy atom. The van der Waals surface area contributed by atoms with Gasteiger partial charge in [0.05, 0.1) is 11.0 Å². The molecule has 1 saturated carbocycles. The third-order valence-electron chi connectivity index (χ3n) is 4.65. The van der Waals surface area contributed by atoms with Gasteiger partial charge in [-0.2, -0.15) is 11.8 Å². The normalized spacial score (nSPS) is 26.6. The van der Waals surface area contributed by atoms with Crippen molar-refractivity contribution in [1.82, 2.24) is 5.32 Å². The third-order valence-corrected chi connectivity index (χ3v) is 5.88. The van der Waals surface area contributed by atoms with Gasteiger partial charge in [0.1, 0.15) is 5.82 Å². The fourth-order valence-electron chi connectivity index (χ4n) is 2.91. The molecule has 1 saturated heterocycles. The zero-order chi connectivity index (χ0) is 14.9. The smallest absolute Gasteiger partial charge is 0.230 e. The topological polar surface area (TPSA) is 38.3 Å². The van der Waals surface area contributed by atoms with E-state index in [0.29, 0.717) is 6.54 Å². The summed E-state index contributed by atoms with van der Waals surface area (Å²) in [4.78, 5) is 12.6. The second kappa shape index (κ2) is 5.61. The average Bonchev–Trinajstić information content (AvgIpc) is 3.18. The van der Waals surface area contributed by atoms with Crippen molar-refractivity contribution in [3.63, 3.8) is 0 Å². The Morgan fingerprint density at radius 1 is 1.33 bits per heavy atom. The molecule has 21 heavy (non-hydrogen) atoms. The highest BCUT2D eigenvalue weighted by Gasteiger charge is 2.51. The van der Waals surface area contributed by atoms with Crippen molar-refractivity contribution in [1.29, 1.82) is 0 Å². The van der Waals surface area contributed by atoms with E-state index in [1.807, 2.05) is 11.8 Å². The summed E-state index contributed by atoms with van der Waals surface area (Å²) in [6.45, 7) is 0.554. The first-order chi connectivity index (χ1) is 10.1. The first-order valence-electron chi connectivity index (χ1n) is 7.28. The van der Waals surface area contributed by atoms with Gasteiger partial charge < -0.3 is 10.1 Å². The van der Waals surface area contributed by atoms with Crippen LogP contribution in [0.1, 0.15) is 24.8 Å². The molecule has 2 aliphatic rings. The Morgan fingerprint density at radius 2 is 2.05 bits per heavy atom. The summed E-state index contributed by atoms with van der Waals surface area (Å²) >= 11 is 1.86. The number of benzene rings is 1. The van der Waals surface area contributed by atoms with E-state index in [1.165, 1.54) is 12.1 Å². The molecule has 0 radical (unpaired) electrons. The molecule has 0 aromatic heterocycles. The minimum absolute atomic E-state index is 0.0439. The molecule has 1 aromatic carbocycles. The zero-order valence-electron chi connectivity index (χ0n) is 12.2. The van der Waals surface area contributed by atoms with Crippen LogP contribution in [0.15, 0.2) is 24.3 Å². The van der Waals surface area contributed by atoms with Crippen molar-refractivity contribution >= 4 is 17.7 Å². The molecule has 5 heteroatoms. The van der Waals surface area contributed by atoms with E-state index in [0.717, 1.165) is 36.3 Å². The van der Waals surface area contributed by atoms with Crippen LogP contribution in [0, 0.1) is 5.82 Å². The first kappa shape index (κ1) is 14.9. The Labute approximate surface area is 128 Å². The summed E-state index contributed by atoms with van der Waals surface area (Å²) in [7, 11) is 1.71. The number of carbonyl (C=O) groups is 1. The van der Waals surface area contributed by atoms with E-state index in [1.54, 1.807) is 19.2 Å². The molecule has 1 atom stereocenters. The van der Waals surface area contributed by atoms with Gasteiger partial charge in [-0.05, 0) is 42.7 Å². The molecule has 1 amide bonds. The highest BCUT2D eigenvalue weighted by Crippen LogP contribution is 2.48. The van der Waals surface area contributed by atoms with Crippen LogP contribution >= 0.6 is 11.8 Å². The lowest BCUT2D eigenvalue weighted by Crippen LogP contribution is -2.47. The number of hydrogen-bond acceptors (Lipinski definition) is 3. The van der Waals surface area contributed by atoms with Crippen LogP contribution in [0.3, 0.4) is 0 Å². The number of carbonyl (C=O) groups excluding carboxylic acids is 1. The lowest BCUT2D eigenvalue weighted by Gasteiger charge is -2.28. The van der Waals surface area contributed by atoms with Crippen molar-refractivity contribution in [2.75, 3.05) is 25.2 Å². The molecular formula is C16H20FNO2S. The van der Waals surface area contributed by atoms with Crippen LogP contribution in [0.2, 0.25) is 0 Å². The second-order valence-corrected chi connectivity index (χ2v) is 7.07. The monoisotopic (exact) mass is 309 g/mol. The van der Waals surface area contributed by atoms with Crippen molar-refractivity contribution in [3.8, 4) is 0 Å². The molecule has 2 fully saturated rings. The number of nitrogens with one attached hydrogen (secondary N) is 1.